The first-order valence-electron chi connectivity index (χ1n) is 6.38. The van der Waals surface area contributed by atoms with E-state index in [1.807, 2.05) is 12.3 Å². The lowest BCUT2D eigenvalue weighted by atomic mass is 10.2. The predicted octanol–water partition coefficient (Wildman–Crippen LogP) is 4.10. The van der Waals surface area contributed by atoms with Gasteiger partial charge >= 0.3 is 5.97 Å². The summed E-state index contributed by atoms with van der Waals surface area (Å²) in [5.41, 5.74) is 1.40. The summed E-state index contributed by atoms with van der Waals surface area (Å²) < 4.78 is 4.62. The normalized spacial score (nSPS) is 10.1. The monoisotopic (exact) mass is 335 g/mol. The topological polar surface area (TPSA) is 55.4 Å². The van der Waals surface area contributed by atoms with Crippen molar-refractivity contribution in [1.82, 2.24) is 0 Å². The van der Waals surface area contributed by atoms with Gasteiger partial charge in [-0.05, 0) is 48.7 Å². The number of nitrogens with one attached hydrogen (secondary N) is 1. The zero-order valence-corrected chi connectivity index (χ0v) is 13.6. The average molecular weight is 336 g/mol. The Bertz CT molecular complexity index is 701. The third-order valence-corrected chi connectivity index (χ3v) is 4.04. The highest BCUT2D eigenvalue weighted by Crippen LogP contribution is 2.24. The van der Waals surface area contributed by atoms with Gasteiger partial charge in [0.05, 0.1) is 23.3 Å². The minimum atomic E-state index is -0.423. The summed E-state index contributed by atoms with van der Waals surface area (Å²) in [6.07, 6.45) is 1.93. The van der Waals surface area contributed by atoms with Crippen molar-refractivity contribution in [3.05, 3.63) is 58.6 Å². The second-order valence-electron chi connectivity index (χ2n) is 4.37. The largest absolute Gasteiger partial charge is 0.465 e. The minimum absolute atomic E-state index is 0.299. The Morgan fingerprint density at radius 1 is 1.14 bits per heavy atom. The number of thioether (sulfide) groups is 1. The van der Waals surface area contributed by atoms with Crippen molar-refractivity contribution in [3.63, 3.8) is 0 Å². The molecule has 0 aliphatic carbocycles. The quantitative estimate of drug-likeness (QED) is 0.675. The number of rotatable bonds is 4. The van der Waals surface area contributed by atoms with Crippen LogP contribution < -0.4 is 5.32 Å². The molecular weight excluding hydrogens is 322 g/mol. The first kappa shape index (κ1) is 16.4. The molecule has 22 heavy (non-hydrogen) atoms. The summed E-state index contributed by atoms with van der Waals surface area (Å²) in [6.45, 7) is 0. The van der Waals surface area contributed by atoms with Gasteiger partial charge in [0.1, 0.15) is 0 Å². The molecule has 0 saturated carbocycles. The van der Waals surface area contributed by atoms with Crippen LogP contribution in [0.1, 0.15) is 20.7 Å². The Balaban J connectivity index is 2.17. The van der Waals surface area contributed by atoms with Crippen molar-refractivity contribution in [2.24, 2.45) is 0 Å². The van der Waals surface area contributed by atoms with Crippen molar-refractivity contribution < 1.29 is 14.3 Å². The highest BCUT2D eigenvalue weighted by atomic mass is 35.5. The van der Waals surface area contributed by atoms with Gasteiger partial charge in [0, 0.05) is 10.6 Å². The standard InChI is InChI=1S/C16H14ClNO3S/c1-21-16(20)10-3-5-11(6-4-10)18-15(19)13-9-12(22-2)7-8-14(13)17/h3-9H,1-2H3,(H,18,19). The molecule has 2 aromatic carbocycles. The average Bonchev–Trinajstić information content (AvgIpc) is 2.55. The van der Waals surface area contributed by atoms with Gasteiger partial charge in [-0.25, -0.2) is 4.79 Å². The van der Waals surface area contributed by atoms with E-state index in [4.69, 9.17) is 11.6 Å². The van der Waals surface area contributed by atoms with Crippen LogP contribution >= 0.6 is 23.4 Å². The van der Waals surface area contributed by atoms with Gasteiger partial charge in [-0.15, -0.1) is 11.8 Å². The molecule has 0 radical (unpaired) electrons. The van der Waals surface area contributed by atoms with Gasteiger partial charge < -0.3 is 10.1 Å². The third kappa shape index (κ3) is 3.81. The van der Waals surface area contributed by atoms with E-state index in [0.717, 1.165) is 4.90 Å². The molecule has 0 saturated heterocycles. The maximum absolute atomic E-state index is 12.3. The number of amides is 1. The molecule has 0 heterocycles. The summed E-state index contributed by atoms with van der Waals surface area (Å²) >= 11 is 7.60. The van der Waals surface area contributed by atoms with Crippen LogP contribution in [0.25, 0.3) is 0 Å². The van der Waals surface area contributed by atoms with E-state index in [0.29, 0.717) is 21.8 Å². The smallest absolute Gasteiger partial charge is 0.337 e. The van der Waals surface area contributed by atoms with E-state index < -0.39 is 5.97 Å². The van der Waals surface area contributed by atoms with E-state index in [1.54, 1.807) is 36.4 Å². The van der Waals surface area contributed by atoms with E-state index in [1.165, 1.54) is 18.9 Å². The summed E-state index contributed by atoms with van der Waals surface area (Å²) in [5.74, 6) is -0.722. The highest BCUT2D eigenvalue weighted by Gasteiger charge is 2.12. The molecule has 6 heteroatoms. The molecular formula is C16H14ClNO3S. The van der Waals surface area contributed by atoms with Gasteiger partial charge in [0.2, 0.25) is 0 Å². The second-order valence-corrected chi connectivity index (χ2v) is 5.66. The van der Waals surface area contributed by atoms with Crippen molar-refractivity contribution in [2.45, 2.75) is 4.90 Å². The maximum atomic E-state index is 12.3. The number of hydrogen-bond donors (Lipinski definition) is 1. The molecule has 0 fully saturated rings. The van der Waals surface area contributed by atoms with E-state index in [-0.39, 0.29) is 5.91 Å². The highest BCUT2D eigenvalue weighted by molar-refractivity contribution is 7.98. The van der Waals surface area contributed by atoms with Crippen LogP contribution in [0.15, 0.2) is 47.4 Å². The molecule has 0 unspecified atom stereocenters. The molecule has 0 atom stereocenters. The van der Waals surface area contributed by atoms with Crippen molar-refractivity contribution in [3.8, 4) is 0 Å². The molecule has 4 nitrogen and oxygen atoms in total. The first-order chi connectivity index (χ1) is 10.5. The lowest BCUT2D eigenvalue weighted by Gasteiger charge is -2.08. The molecule has 114 valence electrons. The molecule has 2 rings (SSSR count). The van der Waals surface area contributed by atoms with E-state index in [9.17, 15) is 9.59 Å². The number of esters is 1. The number of methoxy groups -OCH3 is 1. The zero-order valence-electron chi connectivity index (χ0n) is 12.1. The van der Waals surface area contributed by atoms with Crippen LogP contribution in [-0.2, 0) is 4.74 Å². The Labute approximate surface area is 137 Å². The predicted molar refractivity (Wildman–Crippen MR) is 89.0 cm³/mol. The number of hydrogen-bond acceptors (Lipinski definition) is 4. The van der Waals surface area contributed by atoms with Crippen LogP contribution in [0, 0.1) is 0 Å². The zero-order chi connectivity index (χ0) is 16.1. The van der Waals surface area contributed by atoms with Gasteiger partial charge in [-0.3, -0.25) is 4.79 Å². The summed E-state index contributed by atoms with van der Waals surface area (Å²) in [5, 5.41) is 3.14. The summed E-state index contributed by atoms with van der Waals surface area (Å²) in [6, 6.07) is 11.7. The van der Waals surface area contributed by atoms with E-state index >= 15 is 0 Å². The van der Waals surface area contributed by atoms with Crippen molar-refractivity contribution in [1.29, 1.82) is 0 Å². The molecule has 0 bridgehead atoms. The molecule has 0 aliphatic rings. The van der Waals surface area contributed by atoms with Crippen LogP contribution in [0.3, 0.4) is 0 Å². The molecule has 1 N–H and O–H groups in total. The van der Waals surface area contributed by atoms with Gasteiger partial charge in [0.15, 0.2) is 0 Å². The van der Waals surface area contributed by atoms with Crippen LogP contribution in [0.4, 0.5) is 5.69 Å². The number of ether oxygens (including phenoxy) is 1. The number of carbonyl (C=O) groups is 2. The fourth-order valence-corrected chi connectivity index (χ4v) is 2.45. The lowest BCUT2D eigenvalue weighted by molar-refractivity contribution is 0.0600. The van der Waals surface area contributed by atoms with Gasteiger partial charge in [-0.2, -0.15) is 0 Å². The Hall–Kier alpha value is -1.98. The Kier molecular flexibility index (Phi) is 5.46. The number of carbonyl (C=O) groups excluding carboxylic acids is 2. The molecule has 0 aromatic heterocycles. The van der Waals surface area contributed by atoms with Gasteiger partial charge in [0.25, 0.3) is 5.91 Å². The van der Waals surface area contributed by atoms with Crippen LogP contribution in [-0.4, -0.2) is 25.2 Å². The van der Waals surface area contributed by atoms with Crippen LogP contribution in [0.2, 0.25) is 5.02 Å². The third-order valence-electron chi connectivity index (χ3n) is 2.98. The first-order valence-corrected chi connectivity index (χ1v) is 7.98. The van der Waals surface area contributed by atoms with E-state index in [2.05, 4.69) is 10.1 Å². The molecule has 1 amide bonds. The van der Waals surface area contributed by atoms with Gasteiger partial charge in [-0.1, -0.05) is 11.6 Å². The molecule has 2 aromatic rings. The number of benzene rings is 2. The minimum Gasteiger partial charge on any atom is -0.465 e. The maximum Gasteiger partial charge on any atom is 0.337 e. The number of anilines is 1. The summed E-state index contributed by atoms with van der Waals surface area (Å²) in [7, 11) is 1.32. The Morgan fingerprint density at radius 3 is 2.41 bits per heavy atom. The second kappa shape index (κ2) is 7.33. The fourth-order valence-electron chi connectivity index (χ4n) is 1.81. The fraction of sp³-hybridized carbons (Fsp3) is 0.125. The summed E-state index contributed by atoms with van der Waals surface area (Å²) in [4.78, 5) is 24.6. The lowest BCUT2D eigenvalue weighted by Crippen LogP contribution is -2.12. The Morgan fingerprint density at radius 2 is 1.82 bits per heavy atom. The van der Waals surface area contributed by atoms with Crippen molar-refractivity contribution >= 4 is 40.9 Å². The number of halogens is 1. The SMILES string of the molecule is COC(=O)c1ccc(NC(=O)c2cc(SC)ccc2Cl)cc1. The van der Waals surface area contributed by atoms with Crippen LogP contribution in [0.5, 0.6) is 0 Å². The van der Waals surface area contributed by atoms with Crippen molar-refractivity contribution in [2.75, 3.05) is 18.7 Å². The molecule has 0 aliphatic heterocycles. The molecule has 0 spiro atoms.